The smallest absolute Gasteiger partial charge is 0.0641 e. The molecular weight excluding hydrogens is 328 g/mol. The second-order valence-electron chi connectivity index (χ2n) is 6.25. The second-order valence-corrected chi connectivity index (χ2v) is 7.16. The summed E-state index contributed by atoms with van der Waals surface area (Å²) in [7, 11) is 2.14. The Morgan fingerprint density at radius 2 is 2.14 bits per heavy atom. The molecule has 3 nitrogen and oxygen atoms in total. The molecule has 0 atom stereocenters. The number of benzene rings is 1. The maximum atomic E-state index is 5.74. The molecule has 1 aromatic rings. The Hall–Kier alpha value is -0.580. The lowest BCUT2D eigenvalue weighted by atomic mass is 10.1. The monoisotopic (exact) mass is 354 g/mol. The van der Waals surface area contributed by atoms with E-state index in [1.807, 2.05) is 0 Å². The van der Waals surface area contributed by atoms with Crippen molar-refractivity contribution < 1.29 is 4.74 Å². The largest absolute Gasteiger partial charge is 0.379 e. The zero-order chi connectivity index (χ0) is 15.2. The first kappa shape index (κ1) is 16.8. The van der Waals surface area contributed by atoms with Crippen molar-refractivity contribution in [1.29, 1.82) is 0 Å². The van der Waals surface area contributed by atoms with Crippen molar-refractivity contribution in [2.24, 2.45) is 5.92 Å². The summed E-state index contributed by atoms with van der Waals surface area (Å²) in [5.74, 6) is 0.841. The van der Waals surface area contributed by atoms with E-state index in [1.54, 1.807) is 0 Å². The molecule has 0 spiro atoms. The Bertz CT molecular complexity index is 446. The molecule has 4 heteroatoms. The molecule has 0 unspecified atom stereocenters. The molecule has 1 aliphatic rings. The number of halogens is 1. The van der Waals surface area contributed by atoms with Crippen LogP contribution in [0.1, 0.15) is 32.3 Å². The highest BCUT2D eigenvalue weighted by Crippen LogP contribution is 2.29. The molecule has 0 radical (unpaired) electrons. The van der Waals surface area contributed by atoms with Crippen molar-refractivity contribution >= 4 is 21.6 Å². The Kier molecular flexibility index (Phi) is 6.52. The van der Waals surface area contributed by atoms with Crippen LogP contribution in [0, 0.1) is 5.92 Å². The van der Waals surface area contributed by atoms with Crippen molar-refractivity contribution in [2.75, 3.05) is 31.7 Å². The number of hydrogen-bond donors (Lipinski definition) is 1. The van der Waals surface area contributed by atoms with Crippen molar-refractivity contribution in [2.45, 2.75) is 39.3 Å². The molecule has 118 valence electrons. The molecule has 0 saturated heterocycles. The van der Waals surface area contributed by atoms with Gasteiger partial charge in [0.2, 0.25) is 0 Å². The van der Waals surface area contributed by atoms with E-state index in [0.717, 1.165) is 36.7 Å². The van der Waals surface area contributed by atoms with Crippen LogP contribution in [-0.2, 0) is 11.3 Å². The van der Waals surface area contributed by atoms with Gasteiger partial charge in [0.05, 0.1) is 6.61 Å². The number of nitrogens with one attached hydrogen (secondary N) is 1. The van der Waals surface area contributed by atoms with Crippen LogP contribution in [0.3, 0.4) is 0 Å². The topological polar surface area (TPSA) is 24.5 Å². The van der Waals surface area contributed by atoms with Gasteiger partial charge in [-0.15, -0.1) is 0 Å². The lowest BCUT2D eigenvalue weighted by Crippen LogP contribution is -2.27. The Labute approximate surface area is 137 Å². The summed E-state index contributed by atoms with van der Waals surface area (Å²) in [5, 5.41) is 3.50. The molecule has 1 saturated carbocycles. The quantitative estimate of drug-likeness (QED) is 0.682. The summed E-state index contributed by atoms with van der Waals surface area (Å²) in [6, 6.07) is 6.98. The molecule has 1 aromatic carbocycles. The maximum Gasteiger partial charge on any atom is 0.0641 e. The number of nitrogens with zero attached hydrogens (tertiary/aromatic N) is 1. The molecule has 1 aliphatic carbocycles. The number of ether oxygens (including phenoxy) is 1. The Balaban J connectivity index is 1.88. The van der Waals surface area contributed by atoms with E-state index in [9.17, 15) is 0 Å². The SMILES string of the molecule is CC(C)NCc1cc(Br)ccc1N(C)CCOCC1CC1. The average Bonchev–Trinajstić information content (AvgIpc) is 3.25. The average molecular weight is 355 g/mol. The van der Waals surface area contributed by atoms with Crippen LogP contribution >= 0.6 is 15.9 Å². The van der Waals surface area contributed by atoms with Gasteiger partial charge in [-0.3, -0.25) is 0 Å². The maximum absolute atomic E-state index is 5.74. The van der Waals surface area contributed by atoms with E-state index in [2.05, 4.69) is 65.2 Å². The van der Waals surface area contributed by atoms with E-state index in [0.29, 0.717) is 6.04 Å². The van der Waals surface area contributed by atoms with Crippen LogP contribution < -0.4 is 10.2 Å². The molecule has 0 aromatic heterocycles. The van der Waals surface area contributed by atoms with Crippen molar-refractivity contribution in [3.05, 3.63) is 28.2 Å². The third-order valence-corrected chi connectivity index (χ3v) is 4.27. The highest BCUT2D eigenvalue weighted by Gasteiger charge is 2.21. The van der Waals surface area contributed by atoms with Gasteiger partial charge in [0.15, 0.2) is 0 Å². The van der Waals surface area contributed by atoms with Gasteiger partial charge in [0.25, 0.3) is 0 Å². The molecule has 0 bridgehead atoms. The lowest BCUT2D eigenvalue weighted by Gasteiger charge is -2.23. The number of anilines is 1. The minimum Gasteiger partial charge on any atom is -0.379 e. The van der Waals surface area contributed by atoms with E-state index in [1.165, 1.54) is 24.1 Å². The van der Waals surface area contributed by atoms with Gasteiger partial charge in [-0.1, -0.05) is 29.8 Å². The number of likely N-dealkylation sites (N-methyl/N-ethyl adjacent to an activating group) is 1. The summed E-state index contributed by atoms with van der Waals surface area (Å²) in [5.41, 5.74) is 2.60. The fraction of sp³-hybridized carbons (Fsp3) is 0.647. The number of rotatable bonds is 9. The van der Waals surface area contributed by atoms with E-state index in [-0.39, 0.29) is 0 Å². The van der Waals surface area contributed by atoms with Gasteiger partial charge in [0.1, 0.15) is 0 Å². The fourth-order valence-corrected chi connectivity index (χ4v) is 2.65. The van der Waals surface area contributed by atoms with Gasteiger partial charge in [-0.2, -0.15) is 0 Å². The Morgan fingerprint density at radius 1 is 1.38 bits per heavy atom. The van der Waals surface area contributed by atoms with Crippen molar-refractivity contribution in [1.82, 2.24) is 5.32 Å². The van der Waals surface area contributed by atoms with E-state index < -0.39 is 0 Å². The Morgan fingerprint density at radius 3 is 2.81 bits per heavy atom. The summed E-state index contributed by atoms with van der Waals surface area (Å²) in [6.07, 6.45) is 2.71. The second kappa shape index (κ2) is 8.16. The third-order valence-electron chi connectivity index (χ3n) is 3.78. The third kappa shape index (κ3) is 5.97. The van der Waals surface area contributed by atoms with Crippen molar-refractivity contribution in [3.8, 4) is 0 Å². The zero-order valence-corrected chi connectivity index (χ0v) is 14.9. The van der Waals surface area contributed by atoms with Crippen LogP contribution in [0.5, 0.6) is 0 Å². The fourth-order valence-electron chi connectivity index (χ4n) is 2.24. The highest BCUT2D eigenvalue weighted by atomic mass is 79.9. The highest BCUT2D eigenvalue weighted by molar-refractivity contribution is 9.10. The molecule has 21 heavy (non-hydrogen) atoms. The predicted octanol–water partition coefficient (Wildman–Crippen LogP) is 3.81. The predicted molar refractivity (Wildman–Crippen MR) is 92.9 cm³/mol. The lowest BCUT2D eigenvalue weighted by molar-refractivity contribution is 0.131. The van der Waals surface area contributed by atoms with Crippen LogP contribution in [0.2, 0.25) is 0 Å². The molecule has 1 fully saturated rings. The standard InChI is InChI=1S/C17H27BrN2O/c1-13(2)19-11-15-10-16(18)6-7-17(15)20(3)8-9-21-12-14-4-5-14/h6-7,10,13-14,19H,4-5,8-9,11-12H2,1-3H3. The molecule has 0 amide bonds. The summed E-state index contributed by atoms with van der Waals surface area (Å²) >= 11 is 3.57. The van der Waals surface area contributed by atoms with E-state index >= 15 is 0 Å². The first-order valence-electron chi connectivity index (χ1n) is 7.87. The first-order valence-corrected chi connectivity index (χ1v) is 8.66. The van der Waals surface area contributed by atoms with Crippen LogP contribution in [-0.4, -0.2) is 32.8 Å². The molecular formula is C17H27BrN2O. The first-order chi connectivity index (χ1) is 10.1. The summed E-state index contributed by atoms with van der Waals surface area (Å²) in [6.45, 7) is 7.92. The molecule has 0 aliphatic heterocycles. The molecule has 0 heterocycles. The van der Waals surface area contributed by atoms with Crippen molar-refractivity contribution in [3.63, 3.8) is 0 Å². The van der Waals surface area contributed by atoms with Gasteiger partial charge >= 0.3 is 0 Å². The van der Waals surface area contributed by atoms with Crippen LogP contribution in [0.25, 0.3) is 0 Å². The van der Waals surface area contributed by atoms with Gasteiger partial charge < -0.3 is 15.0 Å². The minimum absolute atomic E-state index is 0.490. The van der Waals surface area contributed by atoms with Gasteiger partial charge in [0, 0.05) is 42.9 Å². The van der Waals surface area contributed by atoms with E-state index in [4.69, 9.17) is 4.74 Å². The van der Waals surface area contributed by atoms with Gasteiger partial charge in [-0.05, 0) is 42.5 Å². The summed E-state index contributed by atoms with van der Waals surface area (Å²) in [4.78, 5) is 2.29. The summed E-state index contributed by atoms with van der Waals surface area (Å²) < 4.78 is 6.87. The molecule has 1 N–H and O–H groups in total. The zero-order valence-electron chi connectivity index (χ0n) is 13.4. The number of hydrogen-bond acceptors (Lipinski definition) is 3. The normalized spacial score (nSPS) is 14.7. The van der Waals surface area contributed by atoms with Crippen LogP contribution in [0.15, 0.2) is 22.7 Å². The van der Waals surface area contributed by atoms with Gasteiger partial charge in [-0.25, -0.2) is 0 Å². The van der Waals surface area contributed by atoms with Crippen LogP contribution in [0.4, 0.5) is 5.69 Å². The minimum atomic E-state index is 0.490. The molecule has 2 rings (SSSR count).